The van der Waals surface area contributed by atoms with Gasteiger partial charge in [0.2, 0.25) is 0 Å². The summed E-state index contributed by atoms with van der Waals surface area (Å²) in [5.74, 6) is 5.28. The average Bonchev–Trinajstić information content (AvgIpc) is 3.22. The van der Waals surface area contributed by atoms with Gasteiger partial charge in [-0.25, -0.2) is 0 Å². The van der Waals surface area contributed by atoms with Gasteiger partial charge in [-0.2, -0.15) is 0 Å². The molecule has 3 heteroatoms. The van der Waals surface area contributed by atoms with Crippen LogP contribution in [-0.2, 0) is 9.47 Å². The predicted molar refractivity (Wildman–Crippen MR) is 100 cm³/mol. The van der Waals surface area contributed by atoms with Gasteiger partial charge in [-0.3, -0.25) is 0 Å². The number of terminal acetylenes is 1. The Bertz CT molecular complexity index is 632. The summed E-state index contributed by atoms with van der Waals surface area (Å²) in [6.45, 7) is 6.50. The molecule has 1 spiro atoms. The van der Waals surface area contributed by atoms with E-state index in [1.807, 2.05) is 0 Å². The van der Waals surface area contributed by atoms with Crippen molar-refractivity contribution in [3.8, 4) is 12.3 Å². The third-order valence-electron chi connectivity index (χ3n) is 9.79. The number of hydrogen-bond acceptors (Lipinski definition) is 3. The van der Waals surface area contributed by atoms with Crippen molar-refractivity contribution in [1.29, 1.82) is 0 Å². The fraction of sp³-hybridized carbons (Fsp3) is 0.913. The molecule has 0 amide bonds. The molecule has 0 aromatic heterocycles. The summed E-state index contributed by atoms with van der Waals surface area (Å²) in [5.41, 5.74) is -0.328. The molecule has 5 fully saturated rings. The van der Waals surface area contributed by atoms with Crippen LogP contribution < -0.4 is 0 Å². The maximum atomic E-state index is 10.7. The minimum absolute atomic E-state index is 0.183. The van der Waals surface area contributed by atoms with Crippen LogP contribution in [0.5, 0.6) is 0 Å². The SMILES string of the molecule is C#C[C@@]1(O)CC[C@@]2(C)[C@@H](CC[C@H]3[C@H]4CCC5(OCCO5)[C@@]4(C)CC[C@@H]32)C1. The summed E-state index contributed by atoms with van der Waals surface area (Å²) < 4.78 is 12.5. The normalized spacial score (nSPS) is 55.0. The zero-order valence-corrected chi connectivity index (χ0v) is 16.4. The lowest BCUT2D eigenvalue weighted by atomic mass is 9.44. The van der Waals surface area contributed by atoms with E-state index >= 15 is 0 Å². The lowest BCUT2D eigenvalue weighted by Crippen LogP contribution is -2.58. The first-order valence-corrected chi connectivity index (χ1v) is 10.8. The number of ether oxygens (including phenoxy) is 2. The van der Waals surface area contributed by atoms with Gasteiger partial charge in [0.15, 0.2) is 5.79 Å². The van der Waals surface area contributed by atoms with Gasteiger partial charge in [0.25, 0.3) is 0 Å². The molecule has 5 aliphatic rings. The lowest BCUT2D eigenvalue weighted by molar-refractivity contribution is -0.248. The first-order chi connectivity index (χ1) is 12.4. The van der Waals surface area contributed by atoms with Gasteiger partial charge in [0.1, 0.15) is 5.60 Å². The highest BCUT2D eigenvalue weighted by Crippen LogP contribution is 2.69. The van der Waals surface area contributed by atoms with Crippen LogP contribution in [0.2, 0.25) is 0 Å². The van der Waals surface area contributed by atoms with Gasteiger partial charge < -0.3 is 14.6 Å². The van der Waals surface area contributed by atoms with Crippen molar-refractivity contribution in [2.24, 2.45) is 34.5 Å². The predicted octanol–water partition coefficient (Wildman–Crippen LogP) is 4.14. The molecule has 1 saturated heterocycles. The molecule has 4 saturated carbocycles. The Morgan fingerprint density at radius 3 is 2.38 bits per heavy atom. The van der Waals surface area contributed by atoms with E-state index in [2.05, 4.69) is 19.8 Å². The second kappa shape index (κ2) is 5.49. The summed E-state index contributed by atoms with van der Waals surface area (Å²) in [6.07, 6.45) is 15.7. The van der Waals surface area contributed by atoms with Crippen molar-refractivity contribution in [3.05, 3.63) is 0 Å². The van der Waals surface area contributed by atoms with E-state index in [-0.39, 0.29) is 11.2 Å². The van der Waals surface area contributed by atoms with Crippen LogP contribution in [0.25, 0.3) is 0 Å². The molecule has 5 rings (SSSR count). The van der Waals surface area contributed by atoms with Crippen LogP contribution in [-0.4, -0.2) is 29.7 Å². The standard InChI is InChI=1S/C23H34O3/c1-4-22(24)12-11-20(2)16(15-22)5-6-17-18(20)7-9-21(3)19(17)8-10-23(21)25-13-14-26-23/h1,16-19,24H,5-15H2,2-3H3/t16-,17+,18-,19+,20-,21-,22+/m0/s1. The van der Waals surface area contributed by atoms with E-state index < -0.39 is 5.60 Å². The van der Waals surface area contributed by atoms with Crippen LogP contribution in [0.4, 0.5) is 0 Å². The monoisotopic (exact) mass is 358 g/mol. The Kier molecular flexibility index (Phi) is 3.70. The topological polar surface area (TPSA) is 38.7 Å². The van der Waals surface area contributed by atoms with Crippen molar-refractivity contribution < 1.29 is 14.6 Å². The highest BCUT2D eigenvalue weighted by atomic mass is 16.7. The van der Waals surface area contributed by atoms with Crippen LogP contribution >= 0.6 is 0 Å². The Morgan fingerprint density at radius 2 is 1.65 bits per heavy atom. The minimum Gasteiger partial charge on any atom is -0.378 e. The van der Waals surface area contributed by atoms with E-state index in [9.17, 15) is 5.11 Å². The van der Waals surface area contributed by atoms with Gasteiger partial charge >= 0.3 is 0 Å². The summed E-state index contributed by atoms with van der Waals surface area (Å²) in [7, 11) is 0. The number of hydrogen-bond donors (Lipinski definition) is 1. The van der Waals surface area contributed by atoms with Crippen LogP contribution in [0.3, 0.4) is 0 Å². The fourth-order valence-electron chi connectivity index (χ4n) is 8.26. The van der Waals surface area contributed by atoms with Crippen molar-refractivity contribution in [2.45, 2.75) is 83.0 Å². The number of aliphatic hydroxyl groups is 1. The molecule has 144 valence electrons. The molecule has 0 bridgehead atoms. The van der Waals surface area contributed by atoms with Gasteiger partial charge in [-0.1, -0.05) is 19.8 Å². The Morgan fingerprint density at radius 1 is 0.923 bits per heavy atom. The van der Waals surface area contributed by atoms with E-state index in [0.29, 0.717) is 11.3 Å². The summed E-state index contributed by atoms with van der Waals surface area (Å²) in [6, 6.07) is 0. The summed E-state index contributed by atoms with van der Waals surface area (Å²) in [4.78, 5) is 0. The molecule has 4 aliphatic carbocycles. The van der Waals surface area contributed by atoms with Gasteiger partial charge in [0, 0.05) is 11.8 Å². The minimum atomic E-state index is -0.858. The number of fused-ring (bicyclic) bond motifs is 6. The Balaban J connectivity index is 1.43. The van der Waals surface area contributed by atoms with E-state index in [0.717, 1.165) is 56.7 Å². The zero-order chi connectivity index (χ0) is 18.2. The molecular weight excluding hydrogens is 324 g/mol. The first-order valence-electron chi connectivity index (χ1n) is 10.8. The molecule has 0 unspecified atom stereocenters. The highest BCUT2D eigenvalue weighted by Gasteiger charge is 2.67. The molecule has 0 aromatic rings. The smallest absolute Gasteiger partial charge is 0.174 e. The summed E-state index contributed by atoms with van der Waals surface area (Å²) >= 11 is 0. The molecule has 7 atom stereocenters. The van der Waals surface area contributed by atoms with E-state index in [1.165, 1.54) is 32.1 Å². The Labute approximate surface area is 158 Å². The molecule has 26 heavy (non-hydrogen) atoms. The third-order valence-corrected chi connectivity index (χ3v) is 9.79. The first kappa shape index (κ1) is 17.5. The van der Waals surface area contributed by atoms with Crippen LogP contribution in [0.1, 0.15) is 71.6 Å². The molecular formula is C23H34O3. The Hall–Kier alpha value is -0.560. The van der Waals surface area contributed by atoms with E-state index in [1.54, 1.807) is 0 Å². The van der Waals surface area contributed by atoms with Crippen LogP contribution in [0, 0.1) is 46.8 Å². The number of rotatable bonds is 0. The lowest BCUT2D eigenvalue weighted by Gasteiger charge is -2.62. The quantitative estimate of drug-likeness (QED) is 0.662. The maximum Gasteiger partial charge on any atom is 0.174 e. The van der Waals surface area contributed by atoms with Gasteiger partial charge in [0.05, 0.1) is 13.2 Å². The molecule has 0 radical (unpaired) electrons. The van der Waals surface area contributed by atoms with Crippen LogP contribution in [0.15, 0.2) is 0 Å². The largest absolute Gasteiger partial charge is 0.378 e. The molecule has 1 aliphatic heterocycles. The highest BCUT2D eigenvalue weighted by molar-refractivity contribution is 5.17. The maximum absolute atomic E-state index is 10.7. The molecule has 0 aromatic carbocycles. The zero-order valence-electron chi connectivity index (χ0n) is 16.4. The fourth-order valence-corrected chi connectivity index (χ4v) is 8.26. The molecule has 1 N–H and O–H groups in total. The van der Waals surface area contributed by atoms with Gasteiger partial charge in [-0.05, 0) is 80.5 Å². The van der Waals surface area contributed by atoms with Gasteiger partial charge in [-0.15, -0.1) is 6.42 Å². The molecule has 3 nitrogen and oxygen atoms in total. The average molecular weight is 359 g/mol. The van der Waals surface area contributed by atoms with Crippen molar-refractivity contribution >= 4 is 0 Å². The third kappa shape index (κ3) is 2.07. The second-order valence-electron chi connectivity index (χ2n) is 10.5. The summed E-state index contributed by atoms with van der Waals surface area (Å²) in [5, 5.41) is 10.7. The van der Waals surface area contributed by atoms with Crippen molar-refractivity contribution in [2.75, 3.05) is 13.2 Å². The van der Waals surface area contributed by atoms with E-state index in [4.69, 9.17) is 15.9 Å². The van der Waals surface area contributed by atoms with Crippen molar-refractivity contribution in [1.82, 2.24) is 0 Å². The van der Waals surface area contributed by atoms with Crippen molar-refractivity contribution in [3.63, 3.8) is 0 Å². The molecule has 1 heterocycles. The second-order valence-corrected chi connectivity index (χ2v) is 10.5.